The van der Waals surface area contributed by atoms with Gasteiger partial charge >= 0.3 is 0 Å². The van der Waals surface area contributed by atoms with E-state index in [9.17, 15) is 4.79 Å². The highest BCUT2D eigenvalue weighted by Crippen LogP contribution is 2.12. The van der Waals surface area contributed by atoms with Gasteiger partial charge in [-0.25, -0.2) is 0 Å². The van der Waals surface area contributed by atoms with Gasteiger partial charge in [0.1, 0.15) is 5.75 Å². The number of ether oxygens (including phenoxy) is 1. The molecule has 3 aromatic rings. The van der Waals surface area contributed by atoms with Crippen LogP contribution in [-0.4, -0.2) is 27.1 Å². The number of rotatable bonds is 6. The van der Waals surface area contributed by atoms with Crippen molar-refractivity contribution >= 4 is 11.6 Å². The molecule has 0 aliphatic heterocycles. The summed E-state index contributed by atoms with van der Waals surface area (Å²) in [6.07, 6.45) is 2.84. The number of hydrogen-bond donors (Lipinski definition) is 1. The quantitative estimate of drug-likeness (QED) is 0.756. The van der Waals surface area contributed by atoms with Gasteiger partial charge in [-0.2, -0.15) is 0 Å². The Kier molecular flexibility index (Phi) is 4.52. The average Bonchev–Trinajstić information content (AvgIpc) is 3.02. The summed E-state index contributed by atoms with van der Waals surface area (Å²) in [4.78, 5) is 11.9. The zero-order valence-electron chi connectivity index (χ0n) is 12.9. The second-order valence-corrected chi connectivity index (χ2v) is 5.11. The van der Waals surface area contributed by atoms with Crippen LogP contribution in [0.25, 0.3) is 5.65 Å². The van der Waals surface area contributed by atoms with Gasteiger partial charge in [0.15, 0.2) is 18.1 Å². The highest BCUT2D eigenvalue weighted by atomic mass is 16.5. The number of aryl methyl sites for hydroxylation is 1. The van der Waals surface area contributed by atoms with E-state index in [0.29, 0.717) is 18.1 Å². The van der Waals surface area contributed by atoms with Gasteiger partial charge in [0, 0.05) is 6.20 Å². The molecule has 6 heteroatoms. The Hall–Kier alpha value is -2.89. The van der Waals surface area contributed by atoms with Crippen molar-refractivity contribution in [2.75, 3.05) is 6.61 Å². The molecule has 0 saturated heterocycles. The van der Waals surface area contributed by atoms with Crippen LogP contribution in [0.2, 0.25) is 0 Å². The number of carbonyl (C=O) groups excluding carboxylic acids is 1. The van der Waals surface area contributed by atoms with E-state index in [1.165, 1.54) is 5.56 Å². The topological polar surface area (TPSA) is 68.5 Å². The zero-order valence-corrected chi connectivity index (χ0v) is 12.9. The predicted octanol–water partition coefficient (Wildman–Crippen LogP) is 1.99. The zero-order chi connectivity index (χ0) is 16.1. The molecule has 0 bridgehead atoms. The molecule has 1 amide bonds. The average molecular weight is 310 g/mol. The number of hydrogen-bond acceptors (Lipinski definition) is 4. The van der Waals surface area contributed by atoms with E-state index in [2.05, 4.69) is 22.4 Å². The second-order valence-electron chi connectivity index (χ2n) is 5.11. The number of amides is 1. The Morgan fingerprint density at radius 3 is 2.78 bits per heavy atom. The molecule has 3 rings (SSSR count). The van der Waals surface area contributed by atoms with Crippen molar-refractivity contribution in [2.45, 2.75) is 19.9 Å². The number of fused-ring (bicyclic) bond motifs is 1. The first kappa shape index (κ1) is 15.0. The fourth-order valence-corrected chi connectivity index (χ4v) is 2.21. The second kappa shape index (κ2) is 6.91. The summed E-state index contributed by atoms with van der Waals surface area (Å²) in [7, 11) is 0. The molecule has 0 fully saturated rings. The monoisotopic (exact) mass is 310 g/mol. The van der Waals surface area contributed by atoms with Crippen molar-refractivity contribution in [3.05, 3.63) is 60.0 Å². The fourth-order valence-electron chi connectivity index (χ4n) is 2.21. The van der Waals surface area contributed by atoms with Crippen LogP contribution in [0, 0.1) is 0 Å². The lowest BCUT2D eigenvalue weighted by atomic mass is 10.2. The number of aromatic nitrogens is 3. The van der Waals surface area contributed by atoms with Crippen LogP contribution in [0.15, 0.2) is 48.7 Å². The van der Waals surface area contributed by atoms with Gasteiger partial charge in [-0.15, -0.1) is 10.2 Å². The summed E-state index contributed by atoms with van der Waals surface area (Å²) in [6.45, 7) is 2.38. The van der Waals surface area contributed by atoms with Crippen molar-refractivity contribution < 1.29 is 9.53 Å². The lowest BCUT2D eigenvalue weighted by molar-refractivity contribution is -0.123. The van der Waals surface area contributed by atoms with E-state index >= 15 is 0 Å². The lowest BCUT2D eigenvalue weighted by Gasteiger charge is -2.07. The Morgan fingerprint density at radius 2 is 2.00 bits per heavy atom. The van der Waals surface area contributed by atoms with Crippen LogP contribution < -0.4 is 10.1 Å². The Balaban J connectivity index is 1.51. The number of nitrogens with one attached hydrogen (secondary N) is 1. The number of benzene rings is 1. The van der Waals surface area contributed by atoms with E-state index in [4.69, 9.17) is 4.74 Å². The van der Waals surface area contributed by atoms with E-state index in [1.807, 2.05) is 53.1 Å². The van der Waals surface area contributed by atoms with Crippen molar-refractivity contribution in [1.82, 2.24) is 19.9 Å². The van der Waals surface area contributed by atoms with Crippen LogP contribution in [0.5, 0.6) is 5.75 Å². The summed E-state index contributed by atoms with van der Waals surface area (Å²) in [5.74, 6) is 1.17. The SMILES string of the molecule is CCc1ccc(OCC(=O)NCc2nnc3ccccn23)cc1. The first-order valence-corrected chi connectivity index (χ1v) is 7.53. The number of nitrogens with zero attached hydrogens (tertiary/aromatic N) is 3. The summed E-state index contributed by atoms with van der Waals surface area (Å²) in [6, 6.07) is 13.4. The fraction of sp³-hybridized carbons (Fsp3) is 0.235. The molecule has 1 aromatic carbocycles. The Labute approximate surface area is 134 Å². The third kappa shape index (κ3) is 3.66. The van der Waals surface area contributed by atoms with Crippen LogP contribution >= 0.6 is 0 Å². The van der Waals surface area contributed by atoms with Crippen LogP contribution in [0.3, 0.4) is 0 Å². The molecule has 0 unspecified atom stereocenters. The van der Waals surface area contributed by atoms with Crippen LogP contribution in [0.4, 0.5) is 0 Å². The van der Waals surface area contributed by atoms with E-state index in [-0.39, 0.29) is 12.5 Å². The molecule has 0 aliphatic rings. The molecule has 0 saturated carbocycles. The largest absolute Gasteiger partial charge is 0.484 e. The normalized spacial score (nSPS) is 10.7. The van der Waals surface area contributed by atoms with Crippen molar-refractivity contribution in [3.63, 3.8) is 0 Å². The minimum atomic E-state index is -0.197. The van der Waals surface area contributed by atoms with Crippen molar-refractivity contribution in [3.8, 4) is 5.75 Å². The van der Waals surface area contributed by atoms with Gasteiger partial charge in [0.25, 0.3) is 5.91 Å². The molecule has 118 valence electrons. The molecular formula is C17H18N4O2. The number of pyridine rings is 1. The molecule has 0 aliphatic carbocycles. The molecule has 6 nitrogen and oxygen atoms in total. The standard InChI is InChI=1S/C17H18N4O2/c1-2-13-6-8-14(9-7-13)23-12-17(22)18-11-16-20-19-15-5-3-4-10-21(15)16/h3-10H,2,11-12H2,1H3,(H,18,22). The summed E-state index contributed by atoms with van der Waals surface area (Å²) >= 11 is 0. The van der Waals surface area contributed by atoms with Crippen LogP contribution in [0.1, 0.15) is 18.3 Å². The van der Waals surface area contributed by atoms with Gasteiger partial charge in [-0.3, -0.25) is 9.20 Å². The Morgan fingerprint density at radius 1 is 1.17 bits per heavy atom. The van der Waals surface area contributed by atoms with Gasteiger partial charge in [0.2, 0.25) is 0 Å². The highest BCUT2D eigenvalue weighted by molar-refractivity contribution is 5.77. The van der Waals surface area contributed by atoms with E-state index < -0.39 is 0 Å². The maximum absolute atomic E-state index is 11.9. The third-order valence-corrected chi connectivity index (χ3v) is 3.53. The molecule has 2 aromatic heterocycles. The lowest BCUT2D eigenvalue weighted by Crippen LogP contribution is -2.29. The smallest absolute Gasteiger partial charge is 0.258 e. The highest BCUT2D eigenvalue weighted by Gasteiger charge is 2.07. The molecule has 0 atom stereocenters. The van der Waals surface area contributed by atoms with Crippen LogP contribution in [-0.2, 0) is 17.8 Å². The van der Waals surface area contributed by atoms with Crippen molar-refractivity contribution in [1.29, 1.82) is 0 Å². The van der Waals surface area contributed by atoms with Gasteiger partial charge in [0.05, 0.1) is 6.54 Å². The summed E-state index contributed by atoms with van der Waals surface area (Å²) < 4.78 is 7.31. The molecule has 23 heavy (non-hydrogen) atoms. The van der Waals surface area contributed by atoms with Gasteiger partial charge in [-0.05, 0) is 36.2 Å². The maximum atomic E-state index is 11.9. The predicted molar refractivity (Wildman–Crippen MR) is 86.1 cm³/mol. The third-order valence-electron chi connectivity index (χ3n) is 3.53. The summed E-state index contributed by atoms with van der Waals surface area (Å²) in [5.41, 5.74) is 1.99. The molecule has 0 spiro atoms. The number of carbonyl (C=O) groups is 1. The minimum Gasteiger partial charge on any atom is -0.484 e. The summed E-state index contributed by atoms with van der Waals surface area (Å²) in [5, 5.41) is 10.9. The Bertz CT molecular complexity index is 796. The van der Waals surface area contributed by atoms with Gasteiger partial charge < -0.3 is 10.1 Å². The maximum Gasteiger partial charge on any atom is 0.258 e. The first-order valence-electron chi connectivity index (χ1n) is 7.53. The molecule has 0 radical (unpaired) electrons. The van der Waals surface area contributed by atoms with Crippen molar-refractivity contribution in [2.24, 2.45) is 0 Å². The van der Waals surface area contributed by atoms with E-state index in [0.717, 1.165) is 12.1 Å². The molecule has 1 N–H and O–H groups in total. The molecule has 2 heterocycles. The minimum absolute atomic E-state index is 0.0256. The molecular weight excluding hydrogens is 292 g/mol. The van der Waals surface area contributed by atoms with E-state index in [1.54, 1.807) is 0 Å². The first-order chi connectivity index (χ1) is 11.3. The van der Waals surface area contributed by atoms with Gasteiger partial charge in [-0.1, -0.05) is 25.1 Å².